The molecule has 0 aliphatic carbocycles. The van der Waals surface area contributed by atoms with Gasteiger partial charge >= 0.3 is 0 Å². The van der Waals surface area contributed by atoms with Gasteiger partial charge in [0.2, 0.25) is 15.9 Å². The second-order valence-corrected chi connectivity index (χ2v) is 12.2. The molecule has 1 aromatic rings. The molecule has 3 saturated heterocycles. The Morgan fingerprint density at radius 1 is 0.944 bits per heavy atom. The average molecular weight is 523 g/mol. The number of morpholine rings is 1. The summed E-state index contributed by atoms with van der Waals surface area (Å²) in [5.41, 5.74) is 2.61. The van der Waals surface area contributed by atoms with E-state index in [9.17, 15) is 13.2 Å². The molecule has 3 aliphatic heterocycles. The molecular weight excluding hydrogens is 480 g/mol. The molecule has 1 aromatic carbocycles. The minimum Gasteiger partial charge on any atom is -0.379 e. The summed E-state index contributed by atoms with van der Waals surface area (Å²) in [5.74, 6) is -0.0135. The van der Waals surface area contributed by atoms with Crippen LogP contribution in [0.5, 0.6) is 0 Å². The molecule has 0 unspecified atom stereocenters. The van der Waals surface area contributed by atoms with Crippen LogP contribution in [-0.4, -0.2) is 125 Å². The molecule has 9 nitrogen and oxygen atoms in total. The third-order valence-electron chi connectivity index (χ3n) is 7.59. The Bertz CT molecular complexity index is 981. The number of rotatable bonds is 9. The van der Waals surface area contributed by atoms with Gasteiger partial charge in [0, 0.05) is 64.9 Å². The van der Waals surface area contributed by atoms with Gasteiger partial charge in [-0.1, -0.05) is 17.7 Å². The van der Waals surface area contributed by atoms with Crippen LogP contribution in [0.4, 0.5) is 0 Å². The number of benzene rings is 1. The number of aryl methyl sites for hydroxylation is 3. The first kappa shape index (κ1) is 27.5. The van der Waals surface area contributed by atoms with Crippen LogP contribution in [-0.2, 0) is 24.3 Å². The van der Waals surface area contributed by atoms with Crippen molar-refractivity contribution in [2.45, 2.75) is 44.6 Å². The maximum absolute atomic E-state index is 13.5. The minimum absolute atomic E-state index is 0.000747. The highest BCUT2D eigenvalue weighted by Gasteiger charge is 2.37. The number of carbonyl (C=O) groups excluding carboxylic acids is 1. The number of amides is 1. The molecule has 0 aromatic heterocycles. The highest BCUT2D eigenvalue weighted by molar-refractivity contribution is 7.89. The fraction of sp³-hybridized carbons (Fsp3) is 0.731. The van der Waals surface area contributed by atoms with Crippen molar-refractivity contribution >= 4 is 15.9 Å². The van der Waals surface area contributed by atoms with Gasteiger partial charge in [-0.3, -0.25) is 14.6 Å². The van der Waals surface area contributed by atoms with Crippen LogP contribution in [0.3, 0.4) is 0 Å². The smallest absolute Gasteiger partial charge is 0.248 e. The van der Waals surface area contributed by atoms with Gasteiger partial charge in [-0.15, -0.1) is 0 Å². The van der Waals surface area contributed by atoms with Crippen LogP contribution in [0.25, 0.3) is 0 Å². The van der Waals surface area contributed by atoms with Crippen molar-refractivity contribution < 1.29 is 22.7 Å². The molecule has 10 heteroatoms. The summed E-state index contributed by atoms with van der Waals surface area (Å²) < 4.78 is 39.8. The Labute approximate surface area is 216 Å². The number of sulfonamides is 1. The zero-order valence-electron chi connectivity index (χ0n) is 22.1. The summed E-state index contributed by atoms with van der Waals surface area (Å²) in [5, 5.41) is 0. The van der Waals surface area contributed by atoms with Gasteiger partial charge in [-0.2, -0.15) is 4.31 Å². The maximum atomic E-state index is 13.5. The lowest BCUT2D eigenvalue weighted by Gasteiger charge is -2.36. The highest BCUT2D eigenvalue weighted by atomic mass is 32.2. The normalized spacial score (nSPS) is 22.9. The molecule has 1 amide bonds. The molecule has 0 bridgehead atoms. The van der Waals surface area contributed by atoms with Crippen molar-refractivity contribution in [2.75, 3.05) is 85.3 Å². The summed E-state index contributed by atoms with van der Waals surface area (Å²) in [4.78, 5) is 19.9. The van der Waals surface area contributed by atoms with E-state index in [1.165, 1.54) is 0 Å². The van der Waals surface area contributed by atoms with E-state index >= 15 is 0 Å². The Morgan fingerprint density at radius 3 is 2.19 bits per heavy atom. The van der Waals surface area contributed by atoms with E-state index in [1.807, 2.05) is 37.8 Å². The monoisotopic (exact) mass is 522 g/mol. The topological polar surface area (TPSA) is 82.6 Å². The number of hydrogen-bond donors (Lipinski definition) is 0. The fourth-order valence-electron chi connectivity index (χ4n) is 5.69. The fourth-order valence-corrected chi connectivity index (χ4v) is 7.78. The van der Waals surface area contributed by atoms with Crippen LogP contribution in [0.1, 0.15) is 29.5 Å². The Morgan fingerprint density at radius 2 is 1.56 bits per heavy atom. The first-order chi connectivity index (χ1) is 17.3. The molecule has 3 heterocycles. The van der Waals surface area contributed by atoms with Crippen LogP contribution >= 0.6 is 0 Å². The Hall–Kier alpha value is -1.56. The summed E-state index contributed by atoms with van der Waals surface area (Å²) >= 11 is 0. The second-order valence-electron chi connectivity index (χ2n) is 10.3. The van der Waals surface area contributed by atoms with E-state index in [4.69, 9.17) is 9.47 Å². The maximum Gasteiger partial charge on any atom is 0.248 e. The van der Waals surface area contributed by atoms with Crippen molar-refractivity contribution in [3.8, 4) is 0 Å². The van der Waals surface area contributed by atoms with Gasteiger partial charge < -0.3 is 14.4 Å². The molecule has 3 fully saturated rings. The second kappa shape index (κ2) is 12.3. The van der Waals surface area contributed by atoms with Crippen molar-refractivity contribution in [3.05, 3.63) is 28.8 Å². The van der Waals surface area contributed by atoms with Gasteiger partial charge in [0.15, 0.2) is 0 Å². The molecule has 36 heavy (non-hydrogen) atoms. The van der Waals surface area contributed by atoms with Gasteiger partial charge in [0.05, 0.1) is 24.7 Å². The highest BCUT2D eigenvalue weighted by Crippen LogP contribution is 2.30. The van der Waals surface area contributed by atoms with Gasteiger partial charge in [-0.05, 0) is 44.7 Å². The average Bonchev–Trinajstić information content (AvgIpc) is 3.32. The summed E-state index contributed by atoms with van der Waals surface area (Å²) in [6, 6.07) is 3.60. The zero-order valence-corrected chi connectivity index (χ0v) is 22.9. The van der Waals surface area contributed by atoms with Gasteiger partial charge in [0.25, 0.3) is 0 Å². The zero-order chi connectivity index (χ0) is 25.7. The van der Waals surface area contributed by atoms with Gasteiger partial charge in [0.1, 0.15) is 6.61 Å². The molecule has 0 spiro atoms. The molecular formula is C26H42N4O5S. The Kier molecular flexibility index (Phi) is 9.40. The summed E-state index contributed by atoms with van der Waals surface area (Å²) in [6.07, 6.45) is 1.55. The molecule has 3 aliphatic rings. The van der Waals surface area contributed by atoms with E-state index < -0.39 is 10.0 Å². The van der Waals surface area contributed by atoms with E-state index in [1.54, 1.807) is 4.31 Å². The molecule has 1 atom stereocenters. The third kappa shape index (κ3) is 6.65. The van der Waals surface area contributed by atoms with E-state index in [0.717, 1.165) is 82.0 Å². The number of piperazine rings is 1. The lowest BCUT2D eigenvalue weighted by molar-refractivity contribution is -0.138. The van der Waals surface area contributed by atoms with Crippen molar-refractivity contribution in [1.29, 1.82) is 0 Å². The number of ether oxygens (including phenoxy) is 2. The van der Waals surface area contributed by atoms with Crippen LogP contribution < -0.4 is 0 Å². The first-order valence-corrected chi connectivity index (χ1v) is 14.7. The third-order valence-corrected chi connectivity index (χ3v) is 9.85. The minimum atomic E-state index is -3.61. The number of nitrogens with zero attached hydrogens (tertiary/aromatic N) is 4. The number of carbonyl (C=O) groups is 1. The predicted molar refractivity (Wildman–Crippen MR) is 139 cm³/mol. The van der Waals surface area contributed by atoms with Crippen LogP contribution in [0, 0.1) is 20.8 Å². The quantitative estimate of drug-likeness (QED) is 0.483. The first-order valence-electron chi connectivity index (χ1n) is 13.2. The molecule has 0 radical (unpaired) electrons. The number of hydrogen-bond acceptors (Lipinski definition) is 7. The molecule has 0 saturated carbocycles. The molecule has 0 N–H and O–H groups in total. The van der Waals surface area contributed by atoms with Crippen molar-refractivity contribution in [2.24, 2.45) is 0 Å². The van der Waals surface area contributed by atoms with Crippen molar-refractivity contribution in [3.63, 3.8) is 0 Å². The van der Waals surface area contributed by atoms with E-state index in [-0.39, 0.29) is 25.2 Å². The molecule has 202 valence electrons. The summed E-state index contributed by atoms with van der Waals surface area (Å²) in [7, 11) is -3.61. The van der Waals surface area contributed by atoms with Crippen LogP contribution in [0.15, 0.2) is 17.0 Å². The van der Waals surface area contributed by atoms with Crippen LogP contribution in [0.2, 0.25) is 0 Å². The Balaban J connectivity index is 1.22. The van der Waals surface area contributed by atoms with Gasteiger partial charge in [-0.25, -0.2) is 8.42 Å². The largest absolute Gasteiger partial charge is 0.379 e. The predicted octanol–water partition coefficient (Wildman–Crippen LogP) is 1.26. The standard InChI is InChI=1S/C26H42N4O5S/c1-21-17-22(2)26(23(3)18-21)36(32,33)30-6-4-5-24(30)19-35-20-25(31)29-11-9-27(10-12-29)7-8-28-13-15-34-16-14-28/h17-18,24H,4-16,19-20H2,1-3H3/t24-/m0/s1. The SMILES string of the molecule is Cc1cc(C)c(S(=O)(=O)N2CCC[C@H]2COCC(=O)N2CCN(CCN3CCOCC3)CC2)c(C)c1. The van der Waals surface area contributed by atoms with Crippen molar-refractivity contribution in [1.82, 2.24) is 19.0 Å². The lowest BCUT2D eigenvalue weighted by Crippen LogP contribution is -2.51. The van der Waals surface area contributed by atoms with E-state index in [0.29, 0.717) is 24.5 Å². The lowest BCUT2D eigenvalue weighted by atomic mass is 10.1. The summed E-state index contributed by atoms with van der Waals surface area (Å²) in [6.45, 7) is 15.3. The van der Waals surface area contributed by atoms with E-state index in [2.05, 4.69) is 9.80 Å². The molecule has 4 rings (SSSR count).